The quantitative estimate of drug-likeness (QED) is 0.368. The molecule has 8 nitrogen and oxygen atoms in total. The molecule has 3 N–H and O–H groups in total. The number of carbonyl (C=O) groups excluding carboxylic acids is 3. The van der Waals surface area contributed by atoms with Gasteiger partial charge in [-0.3, -0.25) is 4.79 Å². The molecule has 0 aromatic heterocycles. The van der Waals surface area contributed by atoms with Crippen LogP contribution in [-0.2, 0) is 9.53 Å². The average Bonchev–Trinajstić information content (AvgIpc) is 3.47. The summed E-state index contributed by atoms with van der Waals surface area (Å²) in [6, 6.07) is 14.8. The van der Waals surface area contributed by atoms with Crippen molar-refractivity contribution < 1.29 is 19.1 Å². The van der Waals surface area contributed by atoms with Gasteiger partial charge in [0, 0.05) is 41.8 Å². The van der Waals surface area contributed by atoms with Gasteiger partial charge in [0.1, 0.15) is 0 Å². The first-order valence-corrected chi connectivity index (χ1v) is 15.4. The summed E-state index contributed by atoms with van der Waals surface area (Å²) in [5.41, 5.74) is 3.33. The number of urea groups is 1. The lowest BCUT2D eigenvalue weighted by Crippen LogP contribution is -2.51. The van der Waals surface area contributed by atoms with Gasteiger partial charge in [-0.2, -0.15) is 0 Å². The van der Waals surface area contributed by atoms with E-state index in [-0.39, 0.29) is 36.0 Å². The molecule has 1 saturated carbocycles. The highest BCUT2D eigenvalue weighted by Crippen LogP contribution is 2.49. The number of benzene rings is 2. The first-order valence-electron chi connectivity index (χ1n) is 15.4. The number of rotatable bonds is 6. The molecule has 2 aliphatic heterocycles. The summed E-state index contributed by atoms with van der Waals surface area (Å²) in [4.78, 5) is 41.4. The smallest absolute Gasteiger partial charge is 0.338 e. The molecule has 0 radical (unpaired) electrons. The maximum absolute atomic E-state index is 14.3. The van der Waals surface area contributed by atoms with Crippen molar-refractivity contribution in [1.29, 1.82) is 0 Å². The van der Waals surface area contributed by atoms with Crippen molar-refractivity contribution in [2.75, 3.05) is 23.8 Å². The Morgan fingerprint density at radius 2 is 1.81 bits per heavy atom. The molecule has 2 fully saturated rings. The van der Waals surface area contributed by atoms with Gasteiger partial charge in [-0.1, -0.05) is 55.3 Å². The van der Waals surface area contributed by atoms with Crippen LogP contribution >= 0.6 is 0 Å². The number of anilines is 2. The Hall–Kier alpha value is -4.07. The van der Waals surface area contributed by atoms with Gasteiger partial charge in [0.15, 0.2) is 0 Å². The zero-order chi connectivity index (χ0) is 29.1. The number of nitrogens with one attached hydrogen (secondary N) is 3. The maximum atomic E-state index is 14.3. The van der Waals surface area contributed by atoms with E-state index in [2.05, 4.69) is 69.4 Å². The lowest BCUT2D eigenvalue weighted by Gasteiger charge is -2.44. The minimum Gasteiger partial charge on any atom is -0.462 e. The summed E-state index contributed by atoms with van der Waals surface area (Å²) in [6.45, 7) is 2.80. The second-order valence-electron chi connectivity index (χ2n) is 11.8. The van der Waals surface area contributed by atoms with Crippen LogP contribution in [0.5, 0.6) is 0 Å². The van der Waals surface area contributed by atoms with Gasteiger partial charge < -0.3 is 25.6 Å². The van der Waals surface area contributed by atoms with Crippen molar-refractivity contribution in [2.45, 2.75) is 63.6 Å². The van der Waals surface area contributed by atoms with Crippen LogP contribution in [0.4, 0.5) is 16.2 Å². The lowest BCUT2D eigenvalue weighted by molar-refractivity contribution is -0.138. The van der Waals surface area contributed by atoms with Crippen LogP contribution in [0.3, 0.4) is 0 Å². The summed E-state index contributed by atoms with van der Waals surface area (Å²) >= 11 is 0. The van der Waals surface area contributed by atoms with Crippen LogP contribution in [0.2, 0.25) is 0 Å². The number of fused-ring (bicyclic) bond motifs is 3. The Balaban J connectivity index is 1.16. The van der Waals surface area contributed by atoms with Gasteiger partial charge >= 0.3 is 12.0 Å². The number of ether oxygens (including phenoxy) is 1. The second kappa shape index (κ2) is 12.4. The predicted molar refractivity (Wildman–Crippen MR) is 163 cm³/mol. The number of hydrogen-bond acceptors (Lipinski definition) is 5. The van der Waals surface area contributed by atoms with Crippen LogP contribution < -0.4 is 16.0 Å². The van der Waals surface area contributed by atoms with Crippen LogP contribution in [0.15, 0.2) is 72.8 Å². The molecule has 1 unspecified atom stereocenters. The third-order valence-corrected chi connectivity index (χ3v) is 9.32. The van der Waals surface area contributed by atoms with Crippen molar-refractivity contribution in [3.63, 3.8) is 0 Å². The van der Waals surface area contributed by atoms with Crippen molar-refractivity contribution in [3.05, 3.63) is 84.0 Å². The van der Waals surface area contributed by atoms with Crippen molar-refractivity contribution >= 4 is 29.3 Å². The van der Waals surface area contributed by atoms with E-state index in [4.69, 9.17) is 4.74 Å². The molecule has 220 valence electrons. The van der Waals surface area contributed by atoms with Crippen LogP contribution in [0, 0.1) is 17.8 Å². The van der Waals surface area contributed by atoms with Gasteiger partial charge in [-0.15, -0.1) is 0 Å². The second-order valence-corrected chi connectivity index (χ2v) is 11.8. The van der Waals surface area contributed by atoms with Crippen LogP contribution in [0.25, 0.3) is 0 Å². The molecule has 0 bridgehead atoms. The summed E-state index contributed by atoms with van der Waals surface area (Å²) < 4.78 is 5.03. The monoisotopic (exact) mass is 568 g/mol. The molecule has 2 aromatic rings. The average molecular weight is 569 g/mol. The van der Waals surface area contributed by atoms with E-state index in [9.17, 15) is 14.4 Å². The number of allylic oxidation sites excluding steroid dienone is 3. The lowest BCUT2D eigenvalue weighted by atomic mass is 9.75. The molecule has 1 saturated heterocycles. The number of hydrogen-bond donors (Lipinski definition) is 3. The predicted octanol–water partition coefficient (Wildman–Crippen LogP) is 6.06. The molecule has 2 heterocycles. The molecule has 2 aliphatic carbocycles. The minimum absolute atomic E-state index is 0.0357. The zero-order valence-electron chi connectivity index (χ0n) is 24.1. The highest BCUT2D eigenvalue weighted by atomic mass is 16.5. The normalized spacial score (nSPS) is 27.8. The molecule has 2 aromatic carbocycles. The van der Waals surface area contributed by atoms with E-state index in [1.807, 2.05) is 0 Å². The Bertz CT molecular complexity index is 1370. The number of amides is 3. The van der Waals surface area contributed by atoms with Gasteiger partial charge in [0.25, 0.3) is 0 Å². The third kappa shape index (κ3) is 5.67. The Morgan fingerprint density at radius 1 is 1.00 bits per heavy atom. The maximum Gasteiger partial charge on any atom is 0.338 e. The fourth-order valence-electron chi connectivity index (χ4n) is 7.35. The van der Waals surface area contributed by atoms with Gasteiger partial charge in [0.05, 0.1) is 24.1 Å². The Labute approximate surface area is 247 Å². The van der Waals surface area contributed by atoms with Gasteiger partial charge in [0.2, 0.25) is 5.91 Å². The number of para-hydroxylation sites is 1. The number of nitrogens with zero attached hydrogens (tertiary/aromatic N) is 1. The van der Waals surface area contributed by atoms with Gasteiger partial charge in [-0.05, 0) is 68.5 Å². The first-order chi connectivity index (χ1) is 20.5. The van der Waals surface area contributed by atoms with Crippen LogP contribution in [0.1, 0.15) is 67.4 Å². The molecule has 4 aliphatic rings. The number of carbonyl (C=O) groups is 3. The Kier molecular flexibility index (Phi) is 8.31. The van der Waals surface area contributed by atoms with E-state index in [0.717, 1.165) is 50.8 Å². The van der Waals surface area contributed by atoms with E-state index in [0.29, 0.717) is 29.7 Å². The Morgan fingerprint density at radius 3 is 2.60 bits per heavy atom. The fraction of sp³-hybridized carbons (Fsp3) is 0.441. The summed E-state index contributed by atoms with van der Waals surface area (Å²) in [7, 11) is 0. The highest BCUT2D eigenvalue weighted by molar-refractivity contribution is 5.93. The van der Waals surface area contributed by atoms with E-state index >= 15 is 0 Å². The van der Waals surface area contributed by atoms with Gasteiger partial charge in [-0.25, -0.2) is 9.59 Å². The van der Waals surface area contributed by atoms with E-state index < -0.39 is 5.97 Å². The standard InChI is InChI=1S/C34H40N4O4/c1-2-42-33(40)23-16-18-24(19-17-23)35-34(41)37-29-15-9-7-13-26(29)32(39)38-21-20-27-30(22-10-4-3-5-11-22)36-28-14-8-6-12-25(28)31(27)38/h3-6,8,10,12,14,16-19,22,26-27,29-31,36H,2,7,9,11,13,15,20-21H2,1H3,(H2,35,37,41)/t22?,26-,27+,29+,30-,31-/m0/s1. The van der Waals surface area contributed by atoms with E-state index in [1.165, 1.54) is 5.56 Å². The molecular formula is C34H40N4O4. The van der Waals surface area contributed by atoms with Crippen molar-refractivity contribution in [2.24, 2.45) is 17.8 Å². The molecular weight excluding hydrogens is 528 g/mol. The first kappa shape index (κ1) is 28.1. The summed E-state index contributed by atoms with van der Waals surface area (Å²) in [5, 5.41) is 9.82. The summed E-state index contributed by atoms with van der Waals surface area (Å²) in [6.07, 6.45) is 14.3. The minimum atomic E-state index is -0.393. The fourth-order valence-corrected chi connectivity index (χ4v) is 7.35. The SMILES string of the molecule is CCOC(=O)c1ccc(NC(=O)N[C@@H]2CCCC[C@@H]2C(=O)N2CC[C@@H]3[C@H](C4C=CC=CC4)Nc4ccccc4[C@@H]32)cc1. The molecule has 3 amide bonds. The topological polar surface area (TPSA) is 99.8 Å². The zero-order valence-corrected chi connectivity index (χ0v) is 24.1. The van der Waals surface area contributed by atoms with E-state index in [1.54, 1.807) is 31.2 Å². The number of esters is 1. The molecule has 8 heteroatoms. The third-order valence-electron chi connectivity index (χ3n) is 9.32. The van der Waals surface area contributed by atoms with Crippen LogP contribution in [-0.4, -0.2) is 48.0 Å². The molecule has 6 atom stereocenters. The van der Waals surface area contributed by atoms with Crippen molar-refractivity contribution in [1.82, 2.24) is 10.2 Å². The largest absolute Gasteiger partial charge is 0.462 e. The number of likely N-dealkylation sites (tertiary alicyclic amines) is 1. The molecule has 42 heavy (non-hydrogen) atoms. The molecule has 0 spiro atoms. The summed E-state index contributed by atoms with van der Waals surface area (Å²) in [5.74, 6) is 0.232. The highest BCUT2D eigenvalue weighted by Gasteiger charge is 2.49. The van der Waals surface area contributed by atoms with Crippen molar-refractivity contribution in [3.8, 4) is 0 Å². The molecule has 6 rings (SSSR count).